The van der Waals surface area contributed by atoms with Gasteiger partial charge in [-0.3, -0.25) is 19.8 Å². The van der Waals surface area contributed by atoms with Crippen LogP contribution in [0.3, 0.4) is 0 Å². The predicted octanol–water partition coefficient (Wildman–Crippen LogP) is 4.90. The number of halogens is 2. The quantitative estimate of drug-likeness (QED) is 0.344. The van der Waals surface area contributed by atoms with Gasteiger partial charge >= 0.3 is 11.8 Å². The Labute approximate surface area is 205 Å². The lowest BCUT2D eigenvalue weighted by atomic mass is 10.2. The molecule has 1 aromatic heterocycles. The average Bonchev–Trinajstić information content (AvgIpc) is 3.15. The number of benzene rings is 3. The monoisotopic (exact) mass is 494 g/mol. The number of nitrogens with zero attached hydrogens (tertiary/aromatic N) is 1. The molecule has 0 radical (unpaired) electrons. The normalized spacial score (nSPS) is 10.7. The van der Waals surface area contributed by atoms with E-state index in [1.807, 2.05) is 25.1 Å². The Kier molecular flexibility index (Phi) is 6.86. The minimum atomic E-state index is -0.925. The number of nitrogens with one attached hydrogen (secondary N) is 3. The number of hydrogen-bond acceptors (Lipinski definition) is 3. The van der Waals surface area contributed by atoms with Crippen LogP contribution in [-0.4, -0.2) is 22.4 Å². The lowest BCUT2D eigenvalue weighted by molar-refractivity contribution is -0.136. The first-order valence-electron chi connectivity index (χ1n) is 10.3. The summed E-state index contributed by atoms with van der Waals surface area (Å²) in [4.78, 5) is 38.1. The summed E-state index contributed by atoms with van der Waals surface area (Å²) < 4.78 is 1.28. The van der Waals surface area contributed by atoms with Crippen molar-refractivity contribution in [3.05, 3.63) is 99.7 Å². The molecule has 7 nitrogen and oxygen atoms in total. The van der Waals surface area contributed by atoms with Crippen LogP contribution in [0.2, 0.25) is 10.0 Å². The highest BCUT2D eigenvalue weighted by molar-refractivity contribution is 6.38. The molecule has 3 N–H and O–H groups in total. The van der Waals surface area contributed by atoms with E-state index in [-0.39, 0.29) is 12.2 Å². The van der Waals surface area contributed by atoms with Crippen LogP contribution in [0.15, 0.2) is 72.8 Å². The average molecular weight is 495 g/mol. The van der Waals surface area contributed by atoms with E-state index in [1.165, 1.54) is 4.68 Å². The van der Waals surface area contributed by atoms with Crippen LogP contribution in [0.4, 0.5) is 5.69 Å². The van der Waals surface area contributed by atoms with Crippen molar-refractivity contribution in [1.29, 1.82) is 0 Å². The van der Waals surface area contributed by atoms with Gasteiger partial charge in [-0.1, -0.05) is 47.5 Å². The summed E-state index contributed by atoms with van der Waals surface area (Å²) in [7, 11) is 0. The molecule has 0 saturated carbocycles. The number of anilines is 1. The molecule has 3 amide bonds. The molecule has 0 aliphatic rings. The summed E-state index contributed by atoms with van der Waals surface area (Å²) >= 11 is 12.0. The molecule has 0 bridgehead atoms. The van der Waals surface area contributed by atoms with Crippen LogP contribution in [-0.2, 0) is 16.1 Å². The van der Waals surface area contributed by atoms with E-state index < -0.39 is 17.7 Å². The van der Waals surface area contributed by atoms with E-state index in [0.29, 0.717) is 26.6 Å². The summed E-state index contributed by atoms with van der Waals surface area (Å²) in [6, 6.07) is 20.8. The third-order valence-electron chi connectivity index (χ3n) is 5.06. The van der Waals surface area contributed by atoms with Gasteiger partial charge < -0.3 is 10.6 Å². The SMILES string of the molecule is Cc1cccc(NC(=O)c2cc3cc(Cl)ccc3n2NC(=O)C(=O)NCc2ccc(Cl)cc2)c1. The van der Waals surface area contributed by atoms with Crippen molar-refractivity contribution in [2.75, 3.05) is 10.7 Å². The van der Waals surface area contributed by atoms with Crippen molar-refractivity contribution in [3.8, 4) is 0 Å². The van der Waals surface area contributed by atoms with Crippen molar-refractivity contribution >= 4 is 57.5 Å². The third kappa shape index (κ3) is 5.39. The Morgan fingerprint density at radius 3 is 2.32 bits per heavy atom. The van der Waals surface area contributed by atoms with Gasteiger partial charge in [-0.2, -0.15) is 0 Å². The van der Waals surface area contributed by atoms with Crippen LogP contribution in [0.1, 0.15) is 21.6 Å². The highest BCUT2D eigenvalue weighted by Gasteiger charge is 2.21. The zero-order chi connectivity index (χ0) is 24.2. The Bertz CT molecular complexity index is 1400. The molecule has 1 heterocycles. The minimum absolute atomic E-state index is 0.137. The Morgan fingerprint density at radius 2 is 1.59 bits per heavy atom. The van der Waals surface area contributed by atoms with E-state index in [9.17, 15) is 14.4 Å². The number of fused-ring (bicyclic) bond motifs is 1. The molecule has 0 saturated heterocycles. The standard InChI is InChI=1S/C25H20Cl2N4O3/c1-15-3-2-4-20(11-15)29-23(32)22-13-17-12-19(27)9-10-21(17)31(22)30-25(34)24(33)28-14-16-5-7-18(26)8-6-16/h2-13H,14H2,1H3,(H,28,33)(H,29,32)(H,30,34). The van der Waals surface area contributed by atoms with Crippen LogP contribution >= 0.6 is 23.2 Å². The number of aryl methyl sites for hydroxylation is 1. The van der Waals surface area contributed by atoms with Gasteiger partial charge in [-0.15, -0.1) is 0 Å². The van der Waals surface area contributed by atoms with E-state index in [2.05, 4.69) is 16.1 Å². The first-order valence-corrected chi connectivity index (χ1v) is 11.1. The third-order valence-corrected chi connectivity index (χ3v) is 5.55. The number of hydrogen-bond donors (Lipinski definition) is 3. The maximum absolute atomic E-state index is 13.1. The molecule has 9 heteroatoms. The lowest BCUT2D eigenvalue weighted by Crippen LogP contribution is -2.39. The van der Waals surface area contributed by atoms with Gasteiger partial charge in [0.15, 0.2) is 0 Å². The van der Waals surface area contributed by atoms with Gasteiger partial charge in [0, 0.05) is 27.7 Å². The van der Waals surface area contributed by atoms with E-state index in [1.54, 1.807) is 54.6 Å². The van der Waals surface area contributed by atoms with E-state index >= 15 is 0 Å². The van der Waals surface area contributed by atoms with Crippen molar-refractivity contribution in [1.82, 2.24) is 9.99 Å². The first-order chi connectivity index (χ1) is 16.3. The molecule has 4 rings (SSSR count). The molecule has 4 aromatic rings. The molecular formula is C25H20Cl2N4O3. The molecule has 0 aliphatic carbocycles. The largest absolute Gasteiger partial charge is 0.344 e. The number of rotatable bonds is 5. The number of carbonyl (C=O) groups excluding carboxylic acids is 3. The van der Waals surface area contributed by atoms with Gasteiger partial charge in [0.05, 0.1) is 5.52 Å². The van der Waals surface area contributed by atoms with Crippen LogP contribution in [0, 0.1) is 6.92 Å². The Hall–Kier alpha value is -3.81. The van der Waals surface area contributed by atoms with E-state index in [0.717, 1.165) is 11.1 Å². The van der Waals surface area contributed by atoms with Crippen LogP contribution < -0.4 is 16.1 Å². The molecular weight excluding hydrogens is 475 g/mol. The highest BCUT2D eigenvalue weighted by atomic mass is 35.5. The zero-order valence-corrected chi connectivity index (χ0v) is 19.6. The summed E-state index contributed by atoms with van der Waals surface area (Å²) in [5.41, 5.74) is 5.53. The van der Waals surface area contributed by atoms with Gasteiger partial charge in [0.2, 0.25) is 0 Å². The van der Waals surface area contributed by atoms with Gasteiger partial charge in [0.25, 0.3) is 5.91 Å². The Balaban J connectivity index is 1.56. The second kappa shape index (κ2) is 9.99. The molecule has 0 unspecified atom stereocenters. The smallest absolute Gasteiger partial charge is 0.328 e. The highest BCUT2D eigenvalue weighted by Crippen LogP contribution is 2.24. The van der Waals surface area contributed by atoms with Crippen LogP contribution in [0.25, 0.3) is 10.9 Å². The topological polar surface area (TPSA) is 92.2 Å². The molecule has 34 heavy (non-hydrogen) atoms. The predicted molar refractivity (Wildman–Crippen MR) is 134 cm³/mol. The molecule has 0 atom stereocenters. The fourth-order valence-electron chi connectivity index (χ4n) is 3.41. The second-order valence-corrected chi connectivity index (χ2v) is 8.51. The van der Waals surface area contributed by atoms with Gasteiger partial charge in [-0.25, -0.2) is 4.68 Å². The summed E-state index contributed by atoms with van der Waals surface area (Å²) in [5, 5.41) is 7.04. The van der Waals surface area contributed by atoms with Gasteiger partial charge in [0.1, 0.15) is 5.69 Å². The summed E-state index contributed by atoms with van der Waals surface area (Å²) in [5.74, 6) is -2.23. The fraction of sp³-hybridized carbons (Fsp3) is 0.0800. The molecule has 3 aromatic carbocycles. The van der Waals surface area contributed by atoms with Crippen LogP contribution in [0.5, 0.6) is 0 Å². The Morgan fingerprint density at radius 1 is 0.853 bits per heavy atom. The van der Waals surface area contributed by atoms with E-state index in [4.69, 9.17) is 23.2 Å². The zero-order valence-electron chi connectivity index (χ0n) is 18.1. The second-order valence-electron chi connectivity index (χ2n) is 7.64. The first kappa shape index (κ1) is 23.4. The maximum Gasteiger partial charge on any atom is 0.328 e. The molecule has 0 fully saturated rings. The van der Waals surface area contributed by atoms with Crippen molar-refractivity contribution in [2.24, 2.45) is 0 Å². The summed E-state index contributed by atoms with van der Waals surface area (Å²) in [6.07, 6.45) is 0. The molecule has 0 aliphatic heterocycles. The maximum atomic E-state index is 13.1. The lowest BCUT2D eigenvalue weighted by Gasteiger charge is -2.13. The van der Waals surface area contributed by atoms with Gasteiger partial charge in [-0.05, 0) is 66.6 Å². The fourth-order valence-corrected chi connectivity index (χ4v) is 3.72. The van der Waals surface area contributed by atoms with Crippen molar-refractivity contribution in [3.63, 3.8) is 0 Å². The van der Waals surface area contributed by atoms with Crippen molar-refractivity contribution < 1.29 is 14.4 Å². The summed E-state index contributed by atoms with van der Waals surface area (Å²) in [6.45, 7) is 2.06. The van der Waals surface area contributed by atoms with Crippen molar-refractivity contribution in [2.45, 2.75) is 13.5 Å². The number of carbonyl (C=O) groups is 3. The number of amides is 3. The minimum Gasteiger partial charge on any atom is -0.344 e. The number of aromatic nitrogens is 1. The molecule has 172 valence electrons. The molecule has 0 spiro atoms.